The van der Waals surface area contributed by atoms with Crippen molar-refractivity contribution in [1.29, 1.82) is 0 Å². The van der Waals surface area contributed by atoms with Crippen molar-refractivity contribution in [2.75, 3.05) is 6.54 Å². The maximum Gasteiger partial charge on any atom is 0.357 e. The molecule has 4 heteroatoms. The molecule has 0 aromatic heterocycles. The van der Waals surface area contributed by atoms with Crippen LogP contribution in [-0.2, 0) is 4.84 Å². The zero-order valence-electron chi connectivity index (χ0n) is 6.76. The zero-order chi connectivity index (χ0) is 8.43. The van der Waals surface area contributed by atoms with Crippen molar-refractivity contribution >= 4 is 6.03 Å². The van der Waals surface area contributed by atoms with E-state index in [2.05, 4.69) is 11.9 Å². The molecule has 0 atom stereocenters. The summed E-state index contributed by atoms with van der Waals surface area (Å²) in [6, 6.07) is -0.233. The molecule has 0 bridgehead atoms. The van der Waals surface area contributed by atoms with Crippen LogP contribution in [0, 0.1) is 5.92 Å². The highest BCUT2D eigenvalue weighted by Gasteiger charge is 2.24. The Morgan fingerprint density at radius 3 is 2.73 bits per heavy atom. The van der Waals surface area contributed by atoms with Gasteiger partial charge in [0.1, 0.15) is 0 Å². The first-order valence-electron chi connectivity index (χ1n) is 3.55. The molecule has 0 spiro atoms. The second kappa shape index (κ2) is 2.82. The fourth-order valence-corrected chi connectivity index (χ4v) is 0.831. The van der Waals surface area contributed by atoms with Crippen LogP contribution in [-0.4, -0.2) is 17.6 Å². The van der Waals surface area contributed by atoms with Gasteiger partial charge in [-0.05, 0) is 12.5 Å². The molecule has 0 aliphatic carbocycles. The molecule has 0 aromatic carbocycles. The van der Waals surface area contributed by atoms with Crippen LogP contribution in [0.1, 0.15) is 13.8 Å². The van der Waals surface area contributed by atoms with E-state index in [0.29, 0.717) is 18.3 Å². The van der Waals surface area contributed by atoms with Gasteiger partial charge in [0.25, 0.3) is 0 Å². The van der Waals surface area contributed by atoms with E-state index in [1.807, 2.05) is 13.8 Å². The number of amides is 2. The third kappa shape index (κ3) is 1.86. The molecular weight excluding hydrogens is 144 g/mol. The van der Waals surface area contributed by atoms with Gasteiger partial charge < -0.3 is 4.84 Å². The summed E-state index contributed by atoms with van der Waals surface area (Å²) in [6.07, 6.45) is 0. The van der Waals surface area contributed by atoms with E-state index in [1.165, 1.54) is 5.06 Å². The first-order valence-corrected chi connectivity index (χ1v) is 3.55. The van der Waals surface area contributed by atoms with Crippen molar-refractivity contribution in [2.45, 2.75) is 13.8 Å². The van der Waals surface area contributed by atoms with Gasteiger partial charge >= 0.3 is 6.03 Å². The number of carbonyl (C=O) groups is 1. The van der Waals surface area contributed by atoms with Crippen LogP contribution in [0.15, 0.2) is 12.5 Å². The van der Waals surface area contributed by atoms with Gasteiger partial charge in [0.15, 0.2) is 0 Å². The molecule has 1 rings (SSSR count). The summed E-state index contributed by atoms with van der Waals surface area (Å²) in [6.45, 7) is 8.08. The van der Waals surface area contributed by atoms with Crippen LogP contribution in [0.5, 0.6) is 0 Å². The Balaban J connectivity index is 2.47. The predicted molar refractivity (Wildman–Crippen MR) is 40.3 cm³/mol. The third-order valence-electron chi connectivity index (χ3n) is 1.22. The molecule has 1 aliphatic rings. The fraction of sp³-hybridized carbons (Fsp3) is 0.571. The van der Waals surface area contributed by atoms with Gasteiger partial charge in [-0.3, -0.25) is 5.32 Å². The van der Waals surface area contributed by atoms with Gasteiger partial charge in [-0.1, -0.05) is 13.8 Å². The summed E-state index contributed by atoms with van der Waals surface area (Å²) < 4.78 is 0. The number of hydroxylamine groups is 2. The normalized spacial score (nSPS) is 17.2. The van der Waals surface area contributed by atoms with E-state index < -0.39 is 0 Å². The van der Waals surface area contributed by atoms with E-state index in [4.69, 9.17) is 4.84 Å². The van der Waals surface area contributed by atoms with E-state index >= 15 is 0 Å². The summed E-state index contributed by atoms with van der Waals surface area (Å²) in [4.78, 5) is 15.9. The Hall–Kier alpha value is -1.19. The van der Waals surface area contributed by atoms with Gasteiger partial charge in [-0.2, -0.15) is 5.06 Å². The van der Waals surface area contributed by atoms with Crippen molar-refractivity contribution < 1.29 is 9.63 Å². The SMILES string of the molecule is C=C1NC(=O)N(CC(C)C)O1. The summed E-state index contributed by atoms with van der Waals surface area (Å²) in [5.74, 6) is 0.697. The third-order valence-corrected chi connectivity index (χ3v) is 1.22. The van der Waals surface area contributed by atoms with E-state index in [-0.39, 0.29) is 6.03 Å². The van der Waals surface area contributed by atoms with Gasteiger partial charge in [0.2, 0.25) is 5.88 Å². The first kappa shape index (κ1) is 7.91. The molecule has 62 valence electrons. The zero-order valence-corrected chi connectivity index (χ0v) is 6.76. The predicted octanol–water partition coefficient (Wildman–Crippen LogP) is 1.07. The number of hydrogen-bond acceptors (Lipinski definition) is 2. The maximum absolute atomic E-state index is 10.9. The molecule has 1 saturated heterocycles. The number of hydrogen-bond donors (Lipinski definition) is 1. The van der Waals surface area contributed by atoms with Crippen LogP contribution in [0.4, 0.5) is 4.79 Å². The summed E-state index contributed by atoms with van der Waals surface area (Å²) >= 11 is 0. The van der Waals surface area contributed by atoms with Crippen molar-refractivity contribution in [3.63, 3.8) is 0 Å². The number of nitrogens with one attached hydrogen (secondary N) is 1. The molecule has 1 fully saturated rings. The molecule has 1 heterocycles. The van der Waals surface area contributed by atoms with Crippen molar-refractivity contribution in [3.05, 3.63) is 12.5 Å². The highest BCUT2D eigenvalue weighted by Crippen LogP contribution is 2.09. The number of nitrogens with zero attached hydrogens (tertiary/aromatic N) is 1. The average molecular weight is 156 g/mol. The van der Waals surface area contributed by atoms with Gasteiger partial charge in [-0.25, -0.2) is 4.79 Å². The smallest absolute Gasteiger partial charge is 0.357 e. The minimum absolute atomic E-state index is 0.233. The topological polar surface area (TPSA) is 41.6 Å². The Morgan fingerprint density at radius 2 is 2.36 bits per heavy atom. The fourth-order valence-electron chi connectivity index (χ4n) is 0.831. The molecular formula is C7H12N2O2. The molecule has 4 nitrogen and oxygen atoms in total. The Bertz CT molecular complexity index is 189. The maximum atomic E-state index is 10.9. The van der Waals surface area contributed by atoms with Crippen LogP contribution in [0.25, 0.3) is 0 Å². The lowest BCUT2D eigenvalue weighted by Crippen LogP contribution is -2.30. The van der Waals surface area contributed by atoms with Crippen LogP contribution in [0.3, 0.4) is 0 Å². The quantitative estimate of drug-likeness (QED) is 0.649. The lowest BCUT2D eigenvalue weighted by atomic mass is 10.2. The van der Waals surface area contributed by atoms with Crippen molar-refractivity contribution in [1.82, 2.24) is 10.4 Å². The second-order valence-electron chi connectivity index (χ2n) is 2.90. The minimum Gasteiger partial charge on any atom is -0.357 e. The monoisotopic (exact) mass is 156 g/mol. The second-order valence-corrected chi connectivity index (χ2v) is 2.90. The number of rotatable bonds is 2. The highest BCUT2D eigenvalue weighted by molar-refractivity contribution is 5.76. The average Bonchev–Trinajstić information content (AvgIpc) is 2.09. The molecule has 1 N–H and O–H groups in total. The Labute approximate surface area is 65.8 Å². The van der Waals surface area contributed by atoms with Crippen molar-refractivity contribution in [2.24, 2.45) is 5.92 Å². The van der Waals surface area contributed by atoms with Gasteiger partial charge in [-0.15, -0.1) is 0 Å². The Morgan fingerprint density at radius 1 is 1.73 bits per heavy atom. The molecule has 0 unspecified atom stereocenters. The molecule has 0 saturated carbocycles. The summed E-state index contributed by atoms with van der Waals surface area (Å²) in [5, 5.41) is 3.71. The number of carbonyl (C=O) groups excluding carboxylic acids is 1. The minimum atomic E-state index is -0.233. The summed E-state index contributed by atoms with van der Waals surface area (Å²) in [5.41, 5.74) is 0. The van der Waals surface area contributed by atoms with Gasteiger partial charge in [0.05, 0.1) is 6.54 Å². The molecule has 2 amide bonds. The van der Waals surface area contributed by atoms with Crippen molar-refractivity contribution in [3.8, 4) is 0 Å². The standard InChI is InChI=1S/C7H12N2O2/c1-5(2)4-9-7(10)8-6(3)11-9/h5H,3-4H2,1-2H3,(H,8,10). The first-order chi connectivity index (χ1) is 5.09. The summed E-state index contributed by atoms with van der Waals surface area (Å²) in [7, 11) is 0. The Kier molecular flexibility index (Phi) is 2.03. The molecule has 0 aromatic rings. The number of urea groups is 1. The molecule has 1 aliphatic heterocycles. The largest absolute Gasteiger partial charge is 0.357 e. The van der Waals surface area contributed by atoms with Crippen LogP contribution >= 0.6 is 0 Å². The lowest BCUT2D eigenvalue weighted by molar-refractivity contribution is -0.0524. The molecule has 0 radical (unpaired) electrons. The van der Waals surface area contributed by atoms with E-state index in [9.17, 15) is 4.79 Å². The van der Waals surface area contributed by atoms with Crippen LogP contribution < -0.4 is 5.32 Å². The lowest BCUT2D eigenvalue weighted by Gasteiger charge is -2.13. The molecule has 11 heavy (non-hydrogen) atoms. The van der Waals surface area contributed by atoms with E-state index in [0.717, 1.165) is 0 Å². The highest BCUT2D eigenvalue weighted by atomic mass is 16.7. The van der Waals surface area contributed by atoms with E-state index in [1.54, 1.807) is 0 Å². The van der Waals surface area contributed by atoms with Crippen LogP contribution in [0.2, 0.25) is 0 Å². The van der Waals surface area contributed by atoms with Gasteiger partial charge in [0, 0.05) is 0 Å².